The lowest BCUT2D eigenvalue weighted by Crippen LogP contribution is -2.14. The van der Waals surface area contributed by atoms with Crippen molar-refractivity contribution < 1.29 is 14.7 Å². The van der Waals surface area contributed by atoms with Crippen LogP contribution in [0, 0.1) is 0 Å². The zero-order chi connectivity index (χ0) is 13.4. The Morgan fingerprint density at radius 1 is 0.842 bits per heavy atom. The molecule has 3 rings (SSSR count). The SMILES string of the molecule is O=Cc1c(C=O)c2cccc3cccc(c1=CO)c32. The largest absolute Gasteiger partial charge is 0.515 e. The van der Waals surface area contributed by atoms with E-state index in [2.05, 4.69) is 0 Å². The molecule has 0 aliphatic heterocycles. The van der Waals surface area contributed by atoms with Crippen LogP contribution >= 0.6 is 0 Å². The van der Waals surface area contributed by atoms with Crippen molar-refractivity contribution in [2.75, 3.05) is 0 Å². The van der Waals surface area contributed by atoms with Crippen LogP contribution in [-0.4, -0.2) is 17.7 Å². The third kappa shape index (κ3) is 1.45. The van der Waals surface area contributed by atoms with E-state index in [-0.39, 0.29) is 5.56 Å². The average molecular weight is 250 g/mol. The molecular weight excluding hydrogens is 240 g/mol. The fourth-order valence-corrected chi connectivity index (χ4v) is 2.62. The molecule has 1 N–H and O–H groups in total. The van der Waals surface area contributed by atoms with Crippen LogP contribution in [0.15, 0.2) is 36.4 Å². The van der Waals surface area contributed by atoms with E-state index in [0.29, 0.717) is 23.4 Å². The van der Waals surface area contributed by atoms with Crippen LogP contribution in [-0.2, 0) is 0 Å². The highest BCUT2D eigenvalue weighted by molar-refractivity contribution is 6.18. The highest BCUT2D eigenvalue weighted by Crippen LogP contribution is 2.27. The van der Waals surface area contributed by atoms with Crippen molar-refractivity contribution in [3.05, 3.63) is 52.7 Å². The van der Waals surface area contributed by atoms with Gasteiger partial charge in [-0.25, -0.2) is 0 Å². The zero-order valence-electron chi connectivity index (χ0n) is 9.96. The molecule has 3 heteroatoms. The van der Waals surface area contributed by atoms with Gasteiger partial charge in [0, 0.05) is 16.3 Å². The third-order valence-corrected chi connectivity index (χ3v) is 3.43. The van der Waals surface area contributed by atoms with Gasteiger partial charge in [0.05, 0.1) is 6.26 Å². The van der Waals surface area contributed by atoms with E-state index in [1.165, 1.54) is 0 Å². The van der Waals surface area contributed by atoms with Gasteiger partial charge in [-0.2, -0.15) is 0 Å². The van der Waals surface area contributed by atoms with Crippen molar-refractivity contribution in [1.82, 2.24) is 0 Å². The number of aliphatic hydroxyl groups is 1. The number of carbonyl (C=O) groups is 2. The number of hydrogen-bond acceptors (Lipinski definition) is 3. The van der Waals surface area contributed by atoms with Crippen molar-refractivity contribution in [3.63, 3.8) is 0 Å². The molecule has 0 heterocycles. The van der Waals surface area contributed by atoms with Crippen LogP contribution in [0.5, 0.6) is 0 Å². The summed E-state index contributed by atoms with van der Waals surface area (Å²) in [7, 11) is 0. The molecule has 3 nitrogen and oxygen atoms in total. The van der Waals surface area contributed by atoms with Gasteiger partial charge in [-0.1, -0.05) is 36.4 Å². The Kier molecular flexibility index (Phi) is 2.53. The van der Waals surface area contributed by atoms with Gasteiger partial charge in [0.1, 0.15) is 0 Å². The number of carbonyl (C=O) groups excluding carboxylic acids is 2. The monoisotopic (exact) mass is 250 g/mol. The predicted molar refractivity (Wildman–Crippen MR) is 74.5 cm³/mol. The topological polar surface area (TPSA) is 54.4 Å². The standard InChI is InChI=1S/C16H10O3/c17-7-13-11-5-1-3-10-4-2-6-12(16(10)11)14(8-18)15(13)9-19/h1-9,17H. The second kappa shape index (κ2) is 4.21. The number of hydrogen-bond donors (Lipinski definition) is 1. The van der Waals surface area contributed by atoms with Crippen LogP contribution in [0.1, 0.15) is 20.7 Å². The lowest BCUT2D eigenvalue weighted by Gasteiger charge is -2.10. The molecule has 0 radical (unpaired) electrons. The molecule has 3 aromatic rings. The first-order chi connectivity index (χ1) is 9.31. The molecule has 0 unspecified atom stereocenters. The third-order valence-electron chi connectivity index (χ3n) is 3.43. The zero-order valence-corrected chi connectivity index (χ0v) is 9.96. The van der Waals surface area contributed by atoms with Crippen molar-refractivity contribution in [2.24, 2.45) is 0 Å². The van der Waals surface area contributed by atoms with E-state index in [1.54, 1.807) is 0 Å². The Hall–Kier alpha value is -2.68. The summed E-state index contributed by atoms with van der Waals surface area (Å²) in [6.07, 6.45) is 2.16. The minimum absolute atomic E-state index is 0.226. The van der Waals surface area contributed by atoms with Gasteiger partial charge in [-0.05, 0) is 21.5 Å². The normalized spacial score (nSPS) is 12.1. The van der Waals surface area contributed by atoms with Crippen LogP contribution < -0.4 is 5.22 Å². The minimum Gasteiger partial charge on any atom is -0.515 e. The fourth-order valence-electron chi connectivity index (χ4n) is 2.62. The Bertz CT molecular complexity index is 857. The first-order valence-corrected chi connectivity index (χ1v) is 5.83. The Morgan fingerprint density at radius 2 is 1.47 bits per heavy atom. The van der Waals surface area contributed by atoms with Gasteiger partial charge in [0.2, 0.25) is 0 Å². The van der Waals surface area contributed by atoms with E-state index in [9.17, 15) is 14.7 Å². The molecule has 0 amide bonds. The quantitative estimate of drug-likeness (QED) is 0.711. The van der Waals surface area contributed by atoms with Crippen LogP contribution in [0.2, 0.25) is 0 Å². The molecule has 0 aliphatic rings. The molecule has 0 atom stereocenters. The molecular formula is C16H10O3. The van der Waals surface area contributed by atoms with Crippen molar-refractivity contribution >= 4 is 40.4 Å². The fraction of sp³-hybridized carbons (Fsp3) is 0. The second-order valence-corrected chi connectivity index (χ2v) is 4.32. The van der Waals surface area contributed by atoms with Crippen LogP contribution in [0.25, 0.3) is 27.8 Å². The molecule has 0 fully saturated rings. The highest BCUT2D eigenvalue weighted by Gasteiger charge is 2.13. The molecule has 0 aromatic heterocycles. The number of aldehydes is 2. The summed E-state index contributed by atoms with van der Waals surface area (Å²) in [6, 6.07) is 11.2. The van der Waals surface area contributed by atoms with Gasteiger partial charge in [-0.15, -0.1) is 0 Å². The van der Waals surface area contributed by atoms with Crippen LogP contribution in [0.3, 0.4) is 0 Å². The smallest absolute Gasteiger partial charge is 0.151 e. The Balaban J connectivity index is 2.79. The minimum atomic E-state index is 0.226. The average Bonchev–Trinajstić information content (AvgIpc) is 2.47. The lowest BCUT2D eigenvalue weighted by molar-refractivity contribution is 0.109. The summed E-state index contributed by atoms with van der Waals surface area (Å²) in [6.45, 7) is 0. The molecule has 3 aromatic carbocycles. The summed E-state index contributed by atoms with van der Waals surface area (Å²) in [5.74, 6) is 0. The molecule has 0 aliphatic carbocycles. The Labute approximate surface area is 108 Å². The van der Waals surface area contributed by atoms with Gasteiger partial charge in [0.25, 0.3) is 0 Å². The van der Waals surface area contributed by atoms with Crippen LogP contribution in [0.4, 0.5) is 0 Å². The van der Waals surface area contributed by atoms with Gasteiger partial charge in [0.15, 0.2) is 12.6 Å². The number of benzene rings is 3. The molecule has 0 saturated heterocycles. The summed E-state index contributed by atoms with van der Waals surface area (Å²) in [4.78, 5) is 22.6. The maximum atomic E-state index is 11.3. The molecule has 19 heavy (non-hydrogen) atoms. The number of aliphatic hydroxyl groups excluding tert-OH is 1. The summed E-state index contributed by atoms with van der Waals surface area (Å²) < 4.78 is 0. The van der Waals surface area contributed by atoms with E-state index in [1.807, 2.05) is 36.4 Å². The van der Waals surface area contributed by atoms with Gasteiger partial charge >= 0.3 is 0 Å². The summed E-state index contributed by atoms with van der Waals surface area (Å²) >= 11 is 0. The van der Waals surface area contributed by atoms with Gasteiger partial charge < -0.3 is 5.11 Å². The molecule has 0 bridgehead atoms. The molecule has 0 saturated carbocycles. The summed E-state index contributed by atoms with van der Waals surface area (Å²) in [5.41, 5.74) is 0.545. The summed E-state index contributed by atoms with van der Waals surface area (Å²) in [5, 5.41) is 13.2. The van der Waals surface area contributed by atoms with Crippen molar-refractivity contribution in [3.8, 4) is 0 Å². The van der Waals surface area contributed by atoms with Crippen molar-refractivity contribution in [1.29, 1.82) is 0 Å². The lowest BCUT2D eigenvalue weighted by atomic mass is 9.92. The van der Waals surface area contributed by atoms with Crippen molar-refractivity contribution in [2.45, 2.75) is 0 Å². The second-order valence-electron chi connectivity index (χ2n) is 4.32. The molecule has 0 spiro atoms. The Morgan fingerprint density at radius 3 is 2.05 bits per heavy atom. The number of rotatable bonds is 2. The maximum absolute atomic E-state index is 11.3. The molecule has 92 valence electrons. The maximum Gasteiger partial charge on any atom is 0.151 e. The van der Waals surface area contributed by atoms with E-state index in [0.717, 1.165) is 27.8 Å². The first-order valence-electron chi connectivity index (χ1n) is 5.83. The van der Waals surface area contributed by atoms with E-state index < -0.39 is 0 Å². The highest BCUT2D eigenvalue weighted by atomic mass is 16.2. The van der Waals surface area contributed by atoms with E-state index in [4.69, 9.17) is 0 Å². The van der Waals surface area contributed by atoms with E-state index >= 15 is 0 Å². The van der Waals surface area contributed by atoms with Gasteiger partial charge in [-0.3, -0.25) is 9.59 Å². The predicted octanol–water partition coefficient (Wildman–Crippen LogP) is 2.63. The first kappa shape index (κ1) is 11.4.